The van der Waals surface area contributed by atoms with Crippen LogP contribution in [0.25, 0.3) is 0 Å². The predicted molar refractivity (Wildman–Crippen MR) is 53.3 cm³/mol. The number of rotatable bonds is 2. The van der Waals surface area contributed by atoms with Crippen molar-refractivity contribution in [3.8, 4) is 0 Å². The van der Waals surface area contributed by atoms with Crippen molar-refractivity contribution in [1.82, 2.24) is 0 Å². The third-order valence-electron chi connectivity index (χ3n) is 2.41. The molecule has 1 aromatic carbocycles. The molecule has 1 aromatic rings. The van der Waals surface area contributed by atoms with E-state index in [9.17, 15) is 0 Å². The van der Waals surface area contributed by atoms with Gasteiger partial charge in [0.05, 0.1) is 0 Å². The molecular formula is C10H13NS. The van der Waals surface area contributed by atoms with E-state index in [-0.39, 0.29) is 6.04 Å². The Morgan fingerprint density at radius 1 is 1.25 bits per heavy atom. The summed E-state index contributed by atoms with van der Waals surface area (Å²) in [4.78, 5) is 1.00. The molecule has 0 saturated heterocycles. The van der Waals surface area contributed by atoms with Crippen LogP contribution in [0.4, 0.5) is 0 Å². The Bertz CT molecular complexity index is 264. The lowest BCUT2D eigenvalue weighted by molar-refractivity contribution is 0.633. The second-order valence-electron chi connectivity index (χ2n) is 3.45. The Balaban J connectivity index is 2.16. The van der Waals surface area contributed by atoms with E-state index < -0.39 is 0 Å². The zero-order valence-electron chi connectivity index (χ0n) is 6.90. The lowest BCUT2D eigenvalue weighted by atomic mass is 10.0. The van der Waals surface area contributed by atoms with Gasteiger partial charge in [-0.1, -0.05) is 12.1 Å². The minimum atomic E-state index is 0.249. The summed E-state index contributed by atoms with van der Waals surface area (Å²) in [6, 6.07) is 8.40. The van der Waals surface area contributed by atoms with E-state index in [4.69, 9.17) is 5.73 Å². The smallest absolute Gasteiger partial charge is 0.0323 e. The van der Waals surface area contributed by atoms with Gasteiger partial charge in [0.15, 0.2) is 0 Å². The second kappa shape index (κ2) is 3.11. The average Bonchev–Trinajstić information content (AvgIpc) is 2.87. The first-order chi connectivity index (χ1) is 5.77. The van der Waals surface area contributed by atoms with Gasteiger partial charge >= 0.3 is 0 Å². The molecular weight excluding hydrogens is 166 g/mol. The van der Waals surface area contributed by atoms with E-state index in [1.807, 2.05) is 12.1 Å². The maximum atomic E-state index is 6.03. The van der Waals surface area contributed by atoms with E-state index >= 15 is 0 Å². The molecule has 2 heteroatoms. The minimum absolute atomic E-state index is 0.249. The number of nitrogens with two attached hydrogens (primary N) is 1. The molecule has 0 aliphatic heterocycles. The van der Waals surface area contributed by atoms with Gasteiger partial charge in [-0.3, -0.25) is 0 Å². The van der Waals surface area contributed by atoms with Crippen LogP contribution in [0.15, 0.2) is 29.2 Å². The molecule has 12 heavy (non-hydrogen) atoms. The summed E-state index contributed by atoms with van der Waals surface area (Å²) in [6.45, 7) is 0. The number of hydrogen-bond donors (Lipinski definition) is 2. The maximum Gasteiger partial charge on any atom is 0.0323 e. The van der Waals surface area contributed by atoms with Crippen molar-refractivity contribution in [1.29, 1.82) is 0 Å². The molecule has 0 radical (unpaired) electrons. The van der Waals surface area contributed by atoms with Crippen molar-refractivity contribution in [2.75, 3.05) is 0 Å². The Morgan fingerprint density at radius 2 is 1.83 bits per heavy atom. The molecule has 0 aromatic heterocycles. The van der Waals surface area contributed by atoms with E-state index in [1.54, 1.807) is 0 Å². The summed E-state index contributed by atoms with van der Waals surface area (Å²) in [5.41, 5.74) is 7.27. The molecule has 1 atom stereocenters. The molecule has 0 spiro atoms. The van der Waals surface area contributed by atoms with Gasteiger partial charge in [0.2, 0.25) is 0 Å². The van der Waals surface area contributed by atoms with E-state index in [2.05, 4.69) is 24.8 Å². The summed E-state index contributed by atoms with van der Waals surface area (Å²) in [5, 5.41) is 0. The minimum Gasteiger partial charge on any atom is -0.324 e. The second-order valence-corrected chi connectivity index (χ2v) is 3.97. The van der Waals surface area contributed by atoms with E-state index in [0.29, 0.717) is 0 Å². The molecule has 64 valence electrons. The largest absolute Gasteiger partial charge is 0.324 e. The number of thiol groups is 1. The number of benzene rings is 1. The van der Waals surface area contributed by atoms with E-state index in [1.165, 1.54) is 18.4 Å². The molecule has 1 nitrogen and oxygen atoms in total. The van der Waals surface area contributed by atoms with Crippen molar-refractivity contribution >= 4 is 12.6 Å². The van der Waals surface area contributed by atoms with Crippen molar-refractivity contribution in [3.63, 3.8) is 0 Å². The predicted octanol–water partition coefficient (Wildman–Crippen LogP) is 2.39. The summed E-state index contributed by atoms with van der Waals surface area (Å²) in [7, 11) is 0. The van der Waals surface area contributed by atoms with E-state index in [0.717, 1.165) is 10.8 Å². The SMILES string of the molecule is NC(c1ccc(S)cc1)C1CC1. The van der Waals surface area contributed by atoms with Crippen LogP contribution in [-0.4, -0.2) is 0 Å². The highest BCUT2D eigenvalue weighted by molar-refractivity contribution is 7.80. The number of hydrogen-bond acceptors (Lipinski definition) is 2. The van der Waals surface area contributed by atoms with Crippen LogP contribution >= 0.6 is 12.6 Å². The first kappa shape index (κ1) is 8.14. The molecule has 0 bridgehead atoms. The van der Waals surface area contributed by atoms with Gasteiger partial charge in [0, 0.05) is 10.9 Å². The van der Waals surface area contributed by atoms with Crippen molar-refractivity contribution in [3.05, 3.63) is 29.8 Å². The van der Waals surface area contributed by atoms with Crippen LogP contribution in [0.1, 0.15) is 24.4 Å². The maximum absolute atomic E-state index is 6.03. The highest BCUT2D eigenvalue weighted by atomic mass is 32.1. The third-order valence-corrected chi connectivity index (χ3v) is 2.71. The van der Waals surface area contributed by atoms with Gasteiger partial charge < -0.3 is 5.73 Å². The Labute approximate surface area is 78.4 Å². The topological polar surface area (TPSA) is 26.0 Å². The Morgan fingerprint density at radius 3 is 2.33 bits per heavy atom. The zero-order valence-corrected chi connectivity index (χ0v) is 7.80. The molecule has 1 aliphatic carbocycles. The Hall–Kier alpha value is -0.470. The molecule has 0 heterocycles. The highest BCUT2D eigenvalue weighted by Gasteiger charge is 2.29. The van der Waals surface area contributed by atoms with Crippen LogP contribution in [0, 0.1) is 5.92 Å². The highest BCUT2D eigenvalue weighted by Crippen LogP contribution is 2.39. The van der Waals surface area contributed by atoms with Crippen LogP contribution in [-0.2, 0) is 0 Å². The fourth-order valence-corrected chi connectivity index (χ4v) is 1.57. The quantitative estimate of drug-likeness (QED) is 0.670. The monoisotopic (exact) mass is 179 g/mol. The summed E-state index contributed by atoms with van der Waals surface area (Å²) in [6.07, 6.45) is 2.59. The van der Waals surface area contributed by atoms with Crippen molar-refractivity contribution in [2.45, 2.75) is 23.8 Å². The first-order valence-corrected chi connectivity index (χ1v) is 4.76. The van der Waals surface area contributed by atoms with Gasteiger partial charge in [-0.25, -0.2) is 0 Å². The molecule has 1 unspecified atom stereocenters. The third kappa shape index (κ3) is 1.65. The lowest BCUT2D eigenvalue weighted by Crippen LogP contribution is -2.11. The standard InChI is InChI=1S/C10H13NS/c11-10(7-1-2-7)8-3-5-9(12)6-4-8/h3-7,10,12H,1-2,11H2. The van der Waals surface area contributed by atoms with Crippen LogP contribution in [0.3, 0.4) is 0 Å². The Kier molecular flexibility index (Phi) is 2.11. The van der Waals surface area contributed by atoms with Crippen LogP contribution in [0.2, 0.25) is 0 Å². The average molecular weight is 179 g/mol. The summed E-state index contributed by atoms with van der Waals surface area (Å²) in [5.74, 6) is 0.732. The first-order valence-electron chi connectivity index (χ1n) is 4.32. The molecule has 1 saturated carbocycles. The lowest BCUT2D eigenvalue weighted by Gasteiger charge is -2.09. The van der Waals surface area contributed by atoms with Crippen molar-refractivity contribution < 1.29 is 0 Å². The van der Waals surface area contributed by atoms with Gasteiger partial charge in [-0.15, -0.1) is 12.6 Å². The van der Waals surface area contributed by atoms with Gasteiger partial charge in [0.1, 0.15) is 0 Å². The van der Waals surface area contributed by atoms with Crippen molar-refractivity contribution in [2.24, 2.45) is 11.7 Å². The van der Waals surface area contributed by atoms with Gasteiger partial charge in [-0.2, -0.15) is 0 Å². The molecule has 1 fully saturated rings. The summed E-state index contributed by atoms with van der Waals surface area (Å²) < 4.78 is 0. The van der Waals surface area contributed by atoms with Gasteiger partial charge in [0.25, 0.3) is 0 Å². The molecule has 2 N–H and O–H groups in total. The van der Waals surface area contributed by atoms with Gasteiger partial charge in [-0.05, 0) is 36.5 Å². The normalized spacial score (nSPS) is 19.2. The molecule has 0 amide bonds. The molecule has 1 aliphatic rings. The fourth-order valence-electron chi connectivity index (χ4n) is 1.42. The van der Waals surface area contributed by atoms with Crippen LogP contribution < -0.4 is 5.73 Å². The zero-order chi connectivity index (χ0) is 8.55. The summed E-state index contributed by atoms with van der Waals surface area (Å²) >= 11 is 4.23. The fraction of sp³-hybridized carbons (Fsp3) is 0.400. The molecule has 2 rings (SSSR count). The van der Waals surface area contributed by atoms with Crippen LogP contribution in [0.5, 0.6) is 0 Å².